The molecule has 2 aromatic rings. The predicted octanol–water partition coefficient (Wildman–Crippen LogP) is 7.72. The van der Waals surface area contributed by atoms with E-state index in [0.29, 0.717) is 32.2 Å². The van der Waals surface area contributed by atoms with Gasteiger partial charge in [0.2, 0.25) is 0 Å². The summed E-state index contributed by atoms with van der Waals surface area (Å²) < 4.78 is 37.6. The lowest BCUT2D eigenvalue weighted by Gasteiger charge is -2.45. The monoisotopic (exact) mass is 555 g/mol. The maximum Gasteiger partial charge on any atom is 0.167 e. The van der Waals surface area contributed by atoms with Gasteiger partial charge in [0.1, 0.15) is 6.10 Å². The Bertz CT molecular complexity index is 1020. The number of rotatable bonds is 16. The predicted molar refractivity (Wildman–Crippen MR) is 153 cm³/mol. The summed E-state index contributed by atoms with van der Waals surface area (Å²) in [5.41, 5.74) is 11.4. The van der Waals surface area contributed by atoms with Gasteiger partial charge in [0.15, 0.2) is 14.8 Å². The summed E-state index contributed by atoms with van der Waals surface area (Å²) in [5, 5.41) is 4.09. The number of nitrogens with zero attached hydrogens (tertiary/aromatic N) is 3. The van der Waals surface area contributed by atoms with Crippen molar-refractivity contribution in [1.82, 2.24) is 0 Å². The van der Waals surface area contributed by atoms with Crippen LogP contribution in [0.3, 0.4) is 0 Å². The van der Waals surface area contributed by atoms with Crippen LogP contribution in [0.15, 0.2) is 65.8 Å². The molecular formula is C30H42N3O5P. The summed E-state index contributed by atoms with van der Waals surface area (Å²) in [5.74, 6) is 0.287. The minimum absolute atomic E-state index is 0.0200. The number of hydrogen-bond acceptors (Lipinski definition) is 6. The molecule has 8 nitrogen and oxygen atoms in total. The van der Waals surface area contributed by atoms with E-state index in [1.54, 1.807) is 0 Å². The van der Waals surface area contributed by atoms with Crippen LogP contribution in [0.4, 0.5) is 0 Å². The molecule has 1 aliphatic heterocycles. The molecule has 0 aromatic heterocycles. The molecule has 3 rings (SSSR count). The smallest absolute Gasteiger partial charge is 0.167 e. The van der Waals surface area contributed by atoms with Gasteiger partial charge in [0.25, 0.3) is 0 Å². The first kappa shape index (κ1) is 31.2. The van der Waals surface area contributed by atoms with Crippen molar-refractivity contribution in [2.24, 2.45) is 17.0 Å². The Morgan fingerprint density at radius 2 is 1.56 bits per heavy atom. The molecule has 1 aliphatic rings. The fourth-order valence-corrected chi connectivity index (χ4v) is 5.54. The molecule has 39 heavy (non-hydrogen) atoms. The third-order valence-electron chi connectivity index (χ3n) is 7.67. The summed E-state index contributed by atoms with van der Waals surface area (Å²) in [6, 6.07) is 19.5. The molecule has 0 aliphatic carbocycles. The molecule has 2 unspecified atom stereocenters. The van der Waals surface area contributed by atoms with Gasteiger partial charge in [-0.05, 0) is 47.8 Å². The van der Waals surface area contributed by atoms with Crippen LogP contribution in [0.2, 0.25) is 0 Å². The second-order valence-corrected chi connectivity index (χ2v) is 10.9. The molecule has 1 saturated heterocycles. The van der Waals surface area contributed by atoms with Crippen LogP contribution < -0.4 is 0 Å². The molecule has 0 N–H and O–H groups in total. The third kappa shape index (κ3) is 9.11. The quantitative estimate of drug-likeness (QED) is 0.0913. The number of ether oxygens (including phenoxy) is 4. The topological polar surface area (TPSA) is 103 Å². The van der Waals surface area contributed by atoms with E-state index >= 15 is 0 Å². The normalized spacial score (nSPS) is 25.5. The van der Waals surface area contributed by atoms with E-state index in [1.807, 2.05) is 60.7 Å². The highest BCUT2D eigenvalue weighted by atomic mass is 31.1. The largest absolute Gasteiger partial charge is 0.371 e. The molecule has 212 valence electrons. The lowest BCUT2D eigenvalue weighted by atomic mass is 9.81. The fourth-order valence-electron chi connectivity index (χ4n) is 5.18. The van der Waals surface area contributed by atoms with Crippen molar-refractivity contribution in [2.45, 2.75) is 96.9 Å². The zero-order chi connectivity index (χ0) is 28.0. The number of azide groups is 1. The van der Waals surface area contributed by atoms with E-state index in [-0.39, 0.29) is 32.5 Å². The van der Waals surface area contributed by atoms with Crippen LogP contribution in [-0.4, -0.2) is 42.9 Å². The van der Waals surface area contributed by atoms with Crippen molar-refractivity contribution < 1.29 is 23.5 Å². The minimum atomic E-state index is -0.736. The van der Waals surface area contributed by atoms with Crippen molar-refractivity contribution in [1.29, 1.82) is 0 Å². The van der Waals surface area contributed by atoms with E-state index in [1.165, 1.54) is 0 Å². The molecule has 0 spiro atoms. The van der Waals surface area contributed by atoms with Crippen LogP contribution in [0, 0.1) is 11.8 Å². The average molecular weight is 556 g/mol. The summed E-state index contributed by atoms with van der Waals surface area (Å²) in [4.78, 5) is 3.11. The zero-order valence-corrected chi connectivity index (χ0v) is 24.4. The molecule has 0 radical (unpaired) electrons. The molecule has 0 saturated carbocycles. The maximum absolute atomic E-state index is 11.6. The Kier molecular flexibility index (Phi) is 13.4. The van der Waals surface area contributed by atoms with Gasteiger partial charge >= 0.3 is 0 Å². The van der Waals surface area contributed by atoms with Gasteiger partial charge in [0.05, 0.1) is 37.6 Å². The van der Waals surface area contributed by atoms with Crippen molar-refractivity contribution in [3.05, 3.63) is 82.2 Å². The van der Waals surface area contributed by atoms with Crippen LogP contribution in [0.1, 0.15) is 58.1 Å². The van der Waals surface area contributed by atoms with Crippen molar-refractivity contribution in [2.75, 3.05) is 6.16 Å². The first-order valence-electron chi connectivity index (χ1n) is 14.0. The summed E-state index contributed by atoms with van der Waals surface area (Å²) in [7, 11) is 0.0278. The fraction of sp³-hybridized carbons (Fsp3) is 0.600. The van der Waals surface area contributed by atoms with Gasteiger partial charge in [-0.2, -0.15) is 0 Å². The Labute approximate surface area is 234 Å². The average Bonchev–Trinajstić information content (AvgIpc) is 2.97. The molecule has 8 atom stereocenters. The summed E-state index contributed by atoms with van der Waals surface area (Å²) in [6.07, 6.45) is 0.379. The number of benzene rings is 2. The van der Waals surface area contributed by atoms with Gasteiger partial charge in [-0.1, -0.05) is 93.5 Å². The molecular weight excluding hydrogens is 513 g/mol. The van der Waals surface area contributed by atoms with Crippen molar-refractivity contribution in [3.63, 3.8) is 0 Å². The van der Waals surface area contributed by atoms with Crippen LogP contribution >= 0.6 is 8.46 Å². The van der Waals surface area contributed by atoms with E-state index < -0.39 is 24.5 Å². The maximum atomic E-state index is 11.6. The highest BCUT2D eigenvalue weighted by molar-refractivity contribution is 7.23. The van der Waals surface area contributed by atoms with Crippen LogP contribution in [0.25, 0.3) is 10.4 Å². The lowest BCUT2D eigenvalue weighted by molar-refractivity contribution is -0.270. The van der Waals surface area contributed by atoms with E-state index in [4.69, 9.17) is 18.9 Å². The minimum Gasteiger partial charge on any atom is -0.371 e. The molecule has 1 fully saturated rings. The van der Waals surface area contributed by atoms with Crippen LogP contribution in [0.5, 0.6) is 0 Å². The second kappa shape index (κ2) is 16.7. The zero-order valence-electron chi connectivity index (χ0n) is 23.5. The molecule has 1 heterocycles. The summed E-state index contributed by atoms with van der Waals surface area (Å²) >= 11 is 0. The second-order valence-electron chi connectivity index (χ2n) is 10.2. The lowest BCUT2D eigenvalue weighted by Crippen LogP contribution is -2.53. The van der Waals surface area contributed by atoms with E-state index in [0.717, 1.165) is 17.5 Å². The first-order chi connectivity index (χ1) is 19.0. The first-order valence-corrected chi connectivity index (χ1v) is 15.0. The third-order valence-corrected chi connectivity index (χ3v) is 8.11. The Morgan fingerprint density at radius 3 is 2.10 bits per heavy atom. The number of hydrogen-bond donors (Lipinski definition) is 0. The molecule has 9 heteroatoms. The van der Waals surface area contributed by atoms with Crippen molar-refractivity contribution in [3.8, 4) is 0 Å². The van der Waals surface area contributed by atoms with Crippen molar-refractivity contribution >= 4 is 8.46 Å². The van der Waals surface area contributed by atoms with Gasteiger partial charge in [-0.3, -0.25) is 4.57 Å². The molecule has 2 aromatic carbocycles. The Hall–Kier alpha value is -2.31. The van der Waals surface area contributed by atoms with Crippen LogP contribution in [-0.2, 0) is 36.7 Å². The standard InChI is InChI=1S/C30H42N3O5P/c1-5-25-21(3)22(4)28(32-33-31)30(37-25)38-27(17-18-39-34)29(36-20-24-15-11-8-12-16-24)26(6-2)35-19-23-13-9-7-10-14-23/h7-16,21-22,25-30H,5-6,17-20H2,1-4H3/t21-,22-,25?,26-,27+,28?,29-,30-/m0/s1. The molecule has 0 amide bonds. The van der Waals surface area contributed by atoms with Gasteiger partial charge in [0, 0.05) is 11.1 Å². The Balaban J connectivity index is 1.89. The van der Waals surface area contributed by atoms with Gasteiger partial charge in [-0.25, -0.2) is 0 Å². The van der Waals surface area contributed by atoms with Gasteiger partial charge in [-0.15, -0.1) is 0 Å². The van der Waals surface area contributed by atoms with E-state index in [2.05, 4.69) is 37.7 Å². The summed E-state index contributed by atoms with van der Waals surface area (Å²) in [6.45, 7) is 9.17. The van der Waals surface area contributed by atoms with E-state index in [9.17, 15) is 10.1 Å². The highest BCUT2D eigenvalue weighted by Gasteiger charge is 2.43. The SMILES string of the molecule is CCC1O[C@@H](O[C@H](CCP=O)[C@@H](OCc2ccccc2)[C@H](CC)OCc2ccccc2)C(N=[N+]=[N-])[C@@H](C)[C@@H]1C. The molecule has 0 bridgehead atoms. The Morgan fingerprint density at radius 1 is 0.949 bits per heavy atom. The van der Waals surface area contributed by atoms with Gasteiger partial charge < -0.3 is 18.9 Å². The highest BCUT2D eigenvalue weighted by Crippen LogP contribution is 2.36.